The molecule has 0 bridgehead atoms. The summed E-state index contributed by atoms with van der Waals surface area (Å²) in [6, 6.07) is 11.9. The summed E-state index contributed by atoms with van der Waals surface area (Å²) in [7, 11) is 0. The van der Waals surface area contributed by atoms with Gasteiger partial charge in [-0.15, -0.1) is 11.3 Å². The van der Waals surface area contributed by atoms with Crippen LogP contribution < -0.4 is 5.32 Å². The van der Waals surface area contributed by atoms with Gasteiger partial charge in [-0.2, -0.15) is 0 Å². The fourth-order valence-electron chi connectivity index (χ4n) is 2.75. The summed E-state index contributed by atoms with van der Waals surface area (Å²) < 4.78 is 0. The van der Waals surface area contributed by atoms with Gasteiger partial charge in [-0.05, 0) is 30.7 Å². The first kappa shape index (κ1) is 16.6. The maximum Gasteiger partial charge on any atom is 0.163 e. The number of aryl methyl sites for hydroxylation is 1. The molecule has 1 N–H and O–H groups in total. The van der Waals surface area contributed by atoms with Crippen LogP contribution in [0.3, 0.4) is 0 Å². The van der Waals surface area contributed by atoms with Gasteiger partial charge in [0.15, 0.2) is 5.82 Å². The van der Waals surface area contributed by atoms with Crippen molar-refractivity contribution in [3.05, 3.63) is 64.9 Å². The van der Waals surface area contributed by atoms with E-state index >= 15 is 0 Å². The van der Waals surface area contributed by atoms with Crippen LogP contribution in [0.4, 0.5) is 5.82 Å². The van der Waals surface area contributed by atoms with Crippen molar-refractivity contribution in [2.75, 3.05) is 11.9 Å². The lowest BCUT2D eigenvalue weighted by Crippen LogP contribution is -2.08. The van der Waals surface area contributed by atoms with E-state index in [2.05, 4.69) is 27.2 Å². The SMILES string of the molecule is CCc1cnc(CCNc2nc(-c3cccnc3)nc3ccccc23)s1. The number of pyridine rings is 1. The number of nitrogens with one attached hydrogen (secondary N) is 1. The second-order valence-electron chi connectivity index (χ2n) is 5.91. The summed E-state index contributed by atoms with van der Waals surface area (Å²) in [5.74, 6) is 1.53. The number of nitrogens with zero attached hydrogens (tertiary/aromatic N) is 4. The Hall–Kier alpha value is -2.86. The minimum absolute atomic E-state index is 0.682. The normalized spacial score (nSPS) is 11.0. The number of para-hydroxylation sites is 1. The number of thiazole rings is 1. The van der Waals surface area contributed by atoms with Crippen molar-refractivity contribution in [2.24, 2.45) is 0 Å². The molecule has 0 saturated carbocycles. The monoisotopic (exact) mass is 361 g/mol. The molecule has 4 rings (SSSR count). The van der Waals surface area contributed by atoms with Crippen molar-refractivity contribution in [1.82, 2.24) is 19.9 Å². The lowest BCUT2D eigenvalue weighted by Gasteiger charge is -2.10. The van der Waals surface area contributed by atoms with Gasteiger partial charge in [0.25, 0.3) is 0 Å². The van der Waals surface area contributed by atoms with E-state index < -0.39 is 0 Å². The third-order valence-corrected chi connectivity index (χ3v) is 5.31. The molecule has 0 aliphatic heterocycles. The molecule has 0 radical (unpaired) electrons. The van der Waals surface area contributed by atoms with E-state index in [4.69, 9.17) is 4.98 Å². The molecular weight excluding hydrogens is 342 g/mol. The predicted octanol–water partition coefficient (Wildman–Crippen LogP) is 4.37. The molecule has 26 heavy (non-hydrogen) atoms. The van der Waals surface area contributed by atoms with Crippen LogP contribution in [0, 0.1) is 0 Å². The fourth-order valence-corrected chi connectivity index (χ4v) is 3.61. The van der Waals surface area contributed by atoms with Crippen molar-refractivity contribution in [1.29, 1.82) is 0 Å². The second-order valence-corrected chi connectivity index (χ2v) is 7.11. The van der Waals surface area contributed by atoms with Gasteiger partial charge in [0, 0.05) is 47.4 Å². The van der Waals surface area contributed by atoms with Crippen molar-refractivity contribution in [3.63, 3.8) is 0 Å². The highest BCUT2D eigenvalue weighted by Crippen LogP contribution is 2.24. The number of hydrogen-bond donors (Lipinski definition) is 1. The highest BCUT2D eigenvalue weighted by Gasteiger charge is 2.09. The molecule has 0 aliphatic carbocycles. The second kappa shape index (κ2) is 7.58. The average molecular weight is 361 g/mol. The molecular formula is C20H19N5S. The predicted molar refractivity (Wildman–Crippen MR) is 106 cm³/mol. The largest absolute Gasteiger partial charge is 0.369 e. The van der Waals surface area contributed by atoms with Gasteiger partial charge in [-0.25, -0.2) is 15.0 Å². The molecule has 6 heteroatoms. The topological polar surface area (TPSA) is 63.6 Å². The molecule has 3 heterocycles. The number of aromatic nitrogens is 4. The molecule has 4 aromatic rings. The molecule has 0 atom stereocenters. The summed E-state index contributed by atoms with van der Waals surface area (Å²) in [6.07, 6.45) is 7.43. The maximum atomic E-state index is 4.74. The standard InChI is InChI=1S/C20H19N5S/c1-2-15-13-23-18(26-15)9-11-22-20-16-7-3-4-8-17(16)24-19(25-20)14-6-5-10-21-12-14/h3-8,10,12-13H,2,9,11H2,1H3,(H,22,24,25). The molecule has 5 nitrogen and oxygen atoms in total. The van der Waals surface area contributed by atoms with E-state index in [-0.39, 0.29) is 0 Å². The smallest absolute Gasteiger partial charge is 0.163 e. The molecule has 130 valence electrons. The minimum Gasteiger partial charge on any atom is -0.369 e. The Kier molecular flexibility index (Phi) is 4.84. The van der Waals surface area contributed by atoms with Crippen LogP contribution in [0.2, 0.25) is 0 Å². The number of anilines is 1. The van der Waals surface area contributed by atoms with Gasteiger partial charge < -0.3 is 5.32 Å². The van der Waals surface area contributed by atoms with E-state index in [0.29, 0.717) is 5.82 Å². The summed E-state index contributed by atoms with van der Waals surface area (Å²) in [5.41, 5.74) is 1.83. The molecule has 0 aliphatic rings. The zero-order chi connectivity index (χ0) is 17.8. The van der Waals surface area contributed by atoms with Crippen LogP contribution in [-0.2, 0) is 12.8 Å². The minimum atomic E-state index is 0.682. The highest BCUT2D eigenvalue weighted by atomic mass is 32.1. The van der Waals surface area contributed by atoms with Gasteiger partial charge in [-0.3, -0.25) is 4.98 Å². The summed E-state index contributed by atoms with van der Waals surface area (Å²) in [6.45, 7) is 2.94. The number of rotatable bonds is 6. The number of fused-ring (bicyclic) bond motifs is 1. The van der Waals surface area contributed by atoms with Crippen LogP contribution in [0.25, 0.3) is 22.3 Å². The van der Waals surface area contributed by atoms with Gasteiger partial charge in [0.05, 0.1) is 10.5 Å². The Labute approximate surface area is 156 Å². The zero-order valence-electron chi connectivity index (χ0n) is 14.5. The highest BCUT2D eigenvalue weighted by molar-refractivity contribution is 7.11. The molecule has 0 saturated heterocycles. The van der Waals surface area contributed by atoms with Crippen LogP contribution >= 0.6 is 11.3 Å². The Morgan fingerprint density at radius 3 is 2.77 bits per heavy atom. The van der Waals surface area contributed by atoms with Gasteiger partial charge in [0.1, 0.15) is 5.82 Å². The summed E-state index contributed by atoms with van der Waals surface area (Å²) >= 11 is 1.78. The zero-order valence-corrected chi connectivity index (χ0v) is 15.3. The number of hydrogen-bond acceptors (Lipinski definition) is 6. The molecule has 1 aromatic carbocycles. The first-order valence-corrected chi connectivity index (χ1v) is 9.50. The molecule has 3 aromatic heterocycles. The molecule has 0 amide bonds. The first-order chi connectivity index (χ1) is 12.8. The third kappa shape index (κ3) is 3.55. The van der Waals surface area contributed by atoms with Gasteiger partial charge in [0.2, 0.25) is 0 Å². The quantitative estimate of drug-likeness (QED) is 0.553. The lowest BCUT2D eigenvalue weighted by atomic mass is 10.2. The van der Waals surface area contributed by atoms with E-state index in [1.165, 1.54) is 4.88 Å². The Balaban J connectivity index is 1.60. The first-order valence-electron chi connectivity index (χ1n) is 8.68. The van der Waals surface area contributed by atoms with Crippen LogP contribution in [0.1, 0.15) is 16.8 Å². The average Bonchev–Trinajstić information content (AvgIpc) is 3.16. The van der Waals surface area contributed by atoms with Crippen molar-refractivity contribution in [3.8, 4) is 11.4 Å². The Morgan fingerprint density at radius 1 is 1.04 bits per heavy atom. The third-order valence-electron chi connectivity index (χ3n) is 4.10. The van der Waals surface area contributed by atoms with Gasteiger partial charge in [-0.1, -0.05) is 19.1 Å². The molecule has 0 spiro atoms. The van der Waals surface area contributed by atoms with Gasteiger partial charge >= 0.3 is 0 Å². The maximum absolute atomic E-state index is 4.74. The van der Waals surface area contributed by atoms with Crippen molar-refractivity contribution >= 4 is 28.1 Å². The molecule has 0 unspecified atom stereocenters. The van der Waals surface area contributed by atoms with Crippen molar-refractivity contribution < 1.29 is 0 Å². The summed E-state index contributed by atoms with van der Waals surface area (Å²) in [4.78, 5) is 19.4. The Bertz CT molecular complexity index is 1010. The van der Waals surface area contributed by atoms with E-state index in [9.17, 15) is 0 Å². The fraction of sp³-hybridized carbons (Fsp3) is 0.200. The molecule has 0 fully saturated rings. The van der Waals surface area contributed by atoms with E-state index in [1.54, 1.807) is 23.7 Å². The summed E-state index contributed by atoms with van der Waals surface area (Å²) in [5, 5.41) is 5.64. The van der Waals surface area contributed by atoms with E-state index in [1.807, 2.05) is 42.6 Å². The van der Waals surface area contributed by atoms with Crippen molar-refractivity contribution in [2.45, 2.75) is 19.8 Å². The van der Waals surface area contributed by atoms with Crippen LogP contribution in [0.15, 0.2) is 55.0 Å². The lowest BCUT2D eigenvalue weighted by molar-refractivity contribution is 0.987. The van der Waals surface area contributed by atoms with Crippen LogP contribution in [-0.4, -0.2) is 26.5 Å². The number of benzene rings is 1. The Morgan fingerprint density at radius 2 is 1.96 bits per heavy atom. The van der Waals surface area contributed by atoms with Crippen LogP contribution in [0.5, 0.6) is 0 Å². The van der Waals surface area contributed by atoms with E-state index in [0.717, 1.165) is 46.7 Å².